The second-order valence-electron chi connectivity index (χ2n) is 7.58. The molecule has 2 heterocycles. The molecular weight excluding hydrogens is 356 g/mol. The molecule has 1 aromatic heterocycles. The molecule has 1 saturated heterocycles. The van der Waals surface area contributed by atoms with Gasteiger partial charge in [-0.15, -0.1) is 0 Å². The molecule has 28 heavy (non-hydrogen) atoms. The van der Waals surface area contributed by atoms with Gasteiger partial charge in [-0.05, 0) is 63.7 Å². The summed E-state index contributed by atoms with van der Waals surface area (Å²) in [5.74, 6) is 1.44. The maximum absolute atomic E-state index is 10.8. The number of aromatic nitrogens is 1. The van der Waals surface area contributed by atoms with E-state index in [1.807, 2.05) is 12.1 Å². The summed E-state index contributed by atoms with van der Waals surface area (Å²) < 4.78 is 16.9. The van der Waals surface area contributed by atoms with Gasteiger partial charge in [-0.3, -0.25) is 9.78 Å². The molecule has 0 radical (unpaired) electrons. The van der Waals surface area contributed by atoms with E-state index >= 15 is 0 Å². The van der Waals surface area contributed by atoms with Crippen LogP contribution in [0.15, 0.2) is 18.2 Å². The largest absolute Gasteiger partial charge is 0.493 e. The number of benzene rings is 1. The molecule has 0 amide bonds. The molecule has 2 aliphatic rings. The lowest BCUT2D eigenvalue weighted by Crippen LogP contribution is -2.21. The highest BCUT2D eigenvalue weighted by Crippen LogP contribution is 2.37. The molecule has 0 spiro atoms. The van der Waals surface area contributed by atoms with Crippen LogP contribution in [-0.2, 0) is 16.0 Å². The van der Waals surface area contributed by atoms with Crippen LogP contribution in [0.25, 0.3) is 10.9 Å². The number of ether oxygens (including phenoxy) is 3. The van der Waals surface area contributed by atoms with Crippen molar-refractivity contribution in [2.45, 2.75) is 44.6 Å². The molecule has 150 valence electrons. The maximum atomic E-state index is 10.8. The number of carbonyl (C=O) groups excluding carboxylic acids is 1. The lowest BCUT2D eigenvalue weighted by Gasteiger charge is -2.24. The van der Waals surface area contributed by atoms with E-state index < -0.39 is 0 Å². The minimum atomic E-state index is -0.203. The number of methoxy groups -OCH3 is 1. The Kier molecular flexibility index (Phi) is 5.95. The Morgan fingerprint density at radius 2 is 2.04 bits per heavy atom. The van der Waals surface area contributed by atoms with Gasteiger partial charge in [0.1, 0.15) is 6.10 Å². The van der Waals surface area contributed by atoms with Gasteiger partial charge in [-0.1, -0.05) is 0 Å². The van der Waals surface area contributed by atoms with Crippen molar-refractivity contribution in [2.75, 3.05) is 33.4 Å². The number of aryl methyl sites for hydroxylation is 1. The number of hydrogen-bond acceptors (Lipinski definition) is 6. The lowest BCUT2D eigenvalue weighted by molar-refractivity contribution is -0.134. The third-order valence-electron chi connectivity index (χ3n) is 5.73. The van der Waals surface area contributed by atoms with Crippen molar-refractivity contribution < 1.29 is 19.0 Å². The highest BCUT2D eigenvalue weighted by Gasteiger charge is 2.23. The Balaban J connectivity index is 1.52. The molecule has 0 saturated carbocycles. The molecule has 1 atom stereocenters. The highest BCUT2D eigenvalue weighted by atomic mass is 16.5. The average Bonchev–Trinajstić information content (AvgIpc) is 3.23. The van der Waals surface area contributed by atoms with Crippen LogP contribution in [-0.4, -0.2) is 49.7 Å². The Labute approximate surface area is 165 Å². The van der Waals surface area contributed by atoms with E-state index in [2.05, 4.69) is 11.0 Å². The van der Waals surface area contributed by atoms with E-state index in [1.54, 1.807) is 7.11 Å². The van der Waals surface area contributed by atoms with Crippen LogP contribution in [0.2, 0.25) is 0 Å². The Morgan fingerprint density at radius 3 is 2.82 bits per heavy atom. The number of pyridine rings is 1. The maximum Gasteiger partial charge on any atom is 0.293 e. The van der Waals surface area contributed by atoms with Gasteiger partial charge >= 0.3 is 0 Å². The van der Waals surface area contributed by atoms with Gasteiger partial charge in [-0.25, -0.2) is 0 Å². The highest BCUT2D eigenvalue weighted by molar-refractivity contribution is 5.83. The summed E-state index contributed by atoms with van der Waals surface area (Å²) in [6.45, 7) is 4.70. The summed E-state index contributed by atoms with van der Waals surface area (Å²) in [5.41, 5.74) is 2.91. The van der Waals surface area contributed by atoms with E-state index in [0.29, 0.717) is 18.8 Å². The van der Waals surface area contributed by atoms with Gasteiger partial charge in [0.25, 0.3) is 6.47 Å². The predicted octanol–water partition coefficient (Wildman–Crippen LogP) is 3.66. The van der Waals surface area contributed by atoms with Crippen LogP contribution < -0.4 is 9.47 Å². The topological polar surface area (TPSA) is 60.9 Å². The molecule has 0 bridgehead atoms. The first-order chi connectivity index (χ1) is 13.8. The molecule has 0 N–H and O–H groups in total. The van der Waals surface area contributed by atoms with Crippen LogP contribution in [0.4, 0.5) is 0 Å². The van der Waals surface area contributed by atoms with Crippen molar-refractivity contribution in [1.29, 1.82) is 0 Å². The molecule has 1 fully saturated rings. The van der Waals surface area contributed by atoms with Crippen molar-refractivity contribution in [3.63, 3.8) is 0 Å². The molecule has 2 aromatic rings. The number of nitrogens with zero attached hydrogens (tertiary/aromatic N) is 2. The van der Waals surface area contributed by atoms with Gasteiger partial charge in [0, 0.05) is 29.3 Å². The van der Waals surface area contributed by atoms with E-state index in [9.17, 15) is 4.79 Å². The van der Waals surface area contributed by atoms with Crippen LogP contribution in [0.5, 0.6) is 11.5 Å². The summed E-state index contributed by atoms with van der Waals surface area (Å²) in [4.78, 5) is 18.1. The number of hydrogen-bond donors (Lipinski definition) is 0. The van der Waals surface area contributed by atoms with Gasteiger partial charge in [-0.2, -0.15) is 0 Å². The van der Waals surface area contributed by atoms with Gasteiger partial charge in [0.05, 0.1) is 19.2 Å². The third-order valence-corrected chi connectivity index (χ3v) is 5.73. The van der Waals surface area contributed by atoms with Gasteiger partial charge in [0.15, 0.2) is 11.5 Å². The molecular formula is C22H28N2O4. The smallest absolute Gasteiger partial charge is 0.293 e. The molecule has 1 unspecified atom stereocenters. The fourth-order valence-electron chi connectivity index (χ4n) is 4.28. The zero-order chi connectivity index (χ0) is 19.3. The molecule has 1 aliphatic carbocycles. The summed E-state index contributed by atoms with van der Waals surface area (Å²) >= 11 is 0. The summed E-state index contributed by atoms with van der Waals surface area (Å²) in [5, 5.41) is 0.974. The van der Waals surface area contributed by atoms with Crippen LogP contribution in [0.1, 0.15) is 49.5 Å². The first-order valence-corrected chi connectivity index (χ1v) is 10.2. The van der Waals surface area contributed by atoms with Gasteiger partial charge < -0.3 is 19.1 Å². The van der Waals surface area contributed by atoms with E-state index in [-0.39, 0.29) is 6.10 Å². The molecule has 1 aliphatic heterocycles. The zero-order valence-electron chi connectivity index (χ0n) is 16.5. The Morgan fingerprint density at radius 1 is 1.18 bits per heavy atom. The average molecular weight is 384 g/mol. The normalized spacial score (nSPS) is 19.4. The first kappa shape index (κ1) is 19.0. The first-order valence-electron chi connectivity index (χ1n) is 10.2. The minimum Gasteiger partial charge on any atom is -0.493 e. The quantitative estimate of drug-likeness (QED) is 0.511. The lowest BCUT2D eigenvalue weighted by atomic mass is 9.92. The van der Waals surface area contributed by atoms with Gasteiger partial charge in [0.2, 0.25) is 0 Å². The van der Waals surface area contributed by atoms with E-state index in [0.717, 1.165) is 60.1 Å². The molecule has 6 heteroatoms. The number of fused-ring (bicyclic) bond motifs is 2. The van der Waals surface area contributed by atoms with Crippen LogP contribution >= 0.6 is 0 Å². The number of rotatable bonds is 8. The monoisotopic (exact) mass is 384 g/mol. The van der Waals surface area contributed by atoms with Crippen LogP contribution in [0, 0.1) is 0 Å². The predicted molar refractivity (Wildman–Crippen MR) is 107 cm³/mol. The second kappa shape index (κ2) is 8.78. The van der Waals surface area contributed by atoms with Crippen molar-refractivity contribution in [1.82, 2.24) is 9.88 Å². The van der Waals surface area contributed by atoms with Crippen molar-refractivity contribution >= 4 is 17.4 Å². The summed E-state index contributed by atoms with van der Waals surface area (Å²) in [6.07, 6.45) is 6.15. The second-order valence-corrected chi connectivity index (χ2v) is 7.58. The van der Waals surface area contributed by atoms with E-state index in [4.69, 9.17) is 19.2 Å². The van der Waals surface area contributed by atoms with Crippen LogP contribution in [0.3, 0.4) is 0 Å². The molecule has 6 nitrogen and oxygen atoms in total. The Bertz CT molecular complexity index is 833. The fraction of sp³-hybridized carbons (Fsp3) is 0.545. The molecule has 1 aromatic carbocycles. The standard InChI is InChI=1S/C22H28N2O4/c1-26-21-13-16-12-17-18(6-4-7-20(17)28-15-25)23-19(16)14-22(21)27-11-5-10-24-8-2-3-9-24/h12-15,20H,2-11H2,1H3. The van der Waals surface area contributed by atoms with Crippen molar-refractivity contribution in [3.8, 4) is 11.5 Å². The third kappa shape index (κ3) is 4.07. The Hall–Kier alpha value is -2.34. The van der Waals surface area contributed by atoms with E-state index in [1.165, 1.54) is 25.9 Å². The summed E-state index contributed by atoms with van der Waals surface area (Å²) in [7, 11) is 1.66. The number of carbonyl (C=O) groups is 1. The minimum absolute atomic E-state index is 0.203. The SMILES string of the molecule is COc1cc2cc3c(nc2cc1OCCCN1CCCC1)CCCC3OC=O. The fourth-order valence-corrected chi connectivity index (χ4v) is 4.28. The summed E-state index contributed by atoms with van der Waals surface area (Å²) in [6, 6.07) is 6.00. The van der Waals surface area contributed by atoms with Crippen molar-refractivity contribution in [3.05, 3.63) is 29.5 Å². The molecule has 4 rings (SSSR count). The van der Waals surface area contributed by atoms with Crippen molar-refractivity contribution in [2.24, 2.45) is 0 Å². The zero-order valence-corrected chi connectivity index (χ0v) is 16.5. The number of likely N-dealkylation sites (tertiary alicyclic amines) is 1.